The molecule has 0 aliphatic carbocycles. The van der Waals surface area contributed by atoms with Crippen molar-refractivity contribution in [1.82, 2.24) is 15.0 Å². The van der Waals surface area contributed by atoms with Gasteiger partial charge in [0, 0.05) is 16.7 Å². The number of nitrogens with zero attached hydrogens (tertiary/aromatic N) is 4. The lowest BCUT2D eigenvalue weighted by Gasteiger charge is -2.20. The van der Waals surface area contributed by atoms with Crippen molar-refractivity contribution in [1.29, 1.82) is 0 Å². The number of aromatic nitrogens is 2. The molecule has 144 valence electrons. The van der Waals surface area contributed by atoms with Crippen LogP contribution in [0.15, 0.2) is 81.0 Å². The zero-order chi connectivity index (χ0) is 19.6. The Morgan fingerprint density at radius 2 is 2.10 bits per heavy atom. The number of hydrogen-bond donors (Lipinski definition) is 0. The molecule has 5 rings (SSSR count). The maximum Gasteiger partial charge on any atom is 0.253 e. The zero-order valence-corrected chi connectivity index (χ0v) is 16.9. The van der Waals surface area contributed by atoms with E-state index in [0.29, 0.717) is 12.2 Å². The van der Waals surface area contributed by atoms with E-state index in [0.717, 1.165) is 26.5 Å². The van der Waals surface area contributed by atoms with Crippen LogP contribution in [-0.2, 0) is 4.79 Å². The van der Waals surface area contributed by atoms with E-state index in [-0.39, 0.29) is 17.7 Å². The molecule has 1 amide bonds. The summed E-state index contributed by atoms with van der Waals surface area (Å²) in [7, 11) is 0. The van der Waals surface area contributed by atoms with E-state index in [4.69, 9.17) is 4.42 Å². The molecule has 4 heterocycles. The predicted octanol–water partition coefficient (Wildman–Crippen LogP) is 4.75. The minimum atomic E-state index is -0.106. The second kappa shape index (κ2) is 7.81. The first kappa shape index (κ1) is 18.1. The Kier molecular flexibility index (Phi) is 4.87. The Morgan fingerprint density at radius 3 is 2.93 bits per heavy atom. The van der Waals surface area contributed by atoms with Crippen molar-refractivity contribution in [2.45, 2.75) is 17.5 Å². The summed E-state index contributed by atoms with van der Waals surface area (Å²) in [6, 6.07) is 15.4. The molecule has 4 aromatic rings. The average Bonchev–Trinajstić information content (AvgIpc) is 3.52. The van der Waals surface area contributed by atoms with E-state index in [9.17, 15) is 4.79 Å². The molecule has 0 saturated heterocycles. The van der Waals surface area contributed by atoms with Gasteiger partial charge in [-0.2, -0.15) is 5.10 Å². The Morgan fingerprint density at radius 1 is 1.17 bits per heavy atom. The van der Waals surface area contributed by atoms with Crippen LogP contribution in [0.5, 0.6) is 0 Å². The van der Waals surface area contributed by atoms with E-state index in [1.807, 2.05) is 53.9 Å². The van der Waals surface area contributed by atoms with Crippen molar-refractivity contribution in [3.63, 3.8) is 0 Å². The van der Waals surface area contributed by atoms with Gasteiger partial charge in [-0.1, -0.05) is 36.0 Å². The number of amides is 1. The monoisotopic (exact) mass is 420 g/mol. The molecule has 0 N–H and O–H groups in total. The number of thioether (sulfide) groups is 1. The number of carbonyl (C=O) groups excluding carboxylic acids is 1. The summed E-state index contributed by atoms with van der Waals surface area (Å²) in [5, 5.41) is 9.97. The molecule has 0 unspecified atom stereocenters. The fourth-order valence-electron chi connectivity index (χ4n) is 3.33. The molecular weight excluding hydrogens is 404 g/mol. The molecule has 1 atom stereocenters. The first-order chi connectivity index (χ1) is 14.3. The van der Waals surface area contributed by atoms with Crippen LogP contribution < -0.4 is 0 Å². The van der Waals surface area contributed by atoms with Crippen molar-refractivity contribution < 1.29 is 9.21 Å². The largest absolute Gasteiger partial charge is 0.463 e. The molecule has 0 spiro atoms. The lowest BCUT2D eigenvalue weighted by Crippen LogP contribution is -2.28. The average molecular weight is 421 g/mol. The van der Waals surface area contributed by atoms with Crippen molar-refractivity contribution in [2.75, 3.05) is 5.75 Å². The van der Waals surface area contributed by atoms with Crippen LogP contribution in [0.4, 0.5) is 0 Å². The maximum absolute atomic E-state index is 13.1. The van der Waals surface area contributed by atoms with Gasteiger partial charge < -0.3 is 4.42 Å². The van der Waals surface area contributed by atoms with Crippen LogP contribution in [0, 0.1) is 0 Å². The third-order valence-corrected chi connectivity index (χ3v) is 6.65. The van der Waals surface area contributed by atoms with E-state index in [1.165, 1.54) is 18.1 Å². The minimum absolute atomic E-state index is 0.0577. The number of carbonyl (C=O) groups is 1. The molecule has 1 aliphatic heterocycles. The minimum Gasteiger partial charge on any atom is -0.463 e. The summed E-state index contributed by atoms with van der Waals surface area (Å²) in [4.78, 5) is 22.9. The van der Waals surface area contributed by atoms with Crippen molar-refractivity contribution in [2.24, 2.45) is 5.10 Å². The number of benzene rings is 1. The van der Waals surface area contributed by atoms with Crippen LogP contribution in [0.1, 0.15) is 23.1 Å². The first-order valence-corrected chi connectivity index (χ1v) is 11.0. The number of hydrazone groups is 1. The molecule has 0 saturated carbocycles. The smallest absolute Gasteiger partial charge is 0.253 e. The standard InChI is InChI=1S/C21H16N4O2S2/c26-20(12-29-21-14-5-1-2-6-15(14)22-13-23-21)25-17(19-8-4-10-28-19)11-16(24-25)18-7-3-9-27-18/h1-10,13,17H,11-12H2/t17-/m0/s1. The van der Waals surface area contributed by atoms with Gasteiger partial charge in [-0.15, -0.1) is 11.3 Å². The Labute approximate surface area is 175 Å². The number of furan rings is 1. The van der Waals surface area contributed by atoms with Gasteiger partial charge in [0.05, 0.1) is 23.6 Å². The normalized spacial score (nSPS) is 16.3. The van der Waals surface area contributed by atoms with Crippen LogP contribution in [0.3, 0.4) is 0 Å². The molecule has 29 heavy (non-hydrogen) atoms. The molecule has 0 fully saturated rings. The summed E-state index contributed by atoms with van der Waals surface area (Å²) in [6.45, 7) is 0. The highest BCUT2D eigenvalue weighted by atomic mass is 32.2. The van der Waals surface area contributed by atoms with Crippen LogP contribution >= 0.6 is 23.1 Å². The highest BCUT2D eigenvalue weighted by Crippen LogP contribution is 2.36. The Bertz CT molecular complexity index is 1170. The summed E-state index contributed by atoms with van der Waals surface area (Å²) in [5.41, 5.74) is 1.66. The van der Waals surface area contributed by atoms with Gasteiger partial charge in [0.25, 0.3) is 5.91 Å². The van der Waals surface area contributed by atoms with Gasteiger partial charge >= 0.3 is 0 Å². The molecule has 0 bridgehead atoms. The third-order valence-electron chi connectivity index (χ3n) is 4.68. The second-order valence-electron chi connectivity index (χ2n) is 6.48. The third kappa shape index (κ3) is 3.56. The number of rotatable bonds is 5. The summed E-state index contributed by atoms with van der Waals surface area (Å²) >= 11 is 3.04. The molecule has 1 aromatic carbocycles. The van der Waals surface area contributed by atoms with E-state index < -0.39 is 0 Å². The maximum atomic E-state index is 13.1. The SMILES string of the molecule is O=C(CSc1ncnc2ccccc12)N1N=C(c2ccco2)C[C@H]1c1cccs1. The van der Waals surface area contributed by atoms with Crippen LogP contribution in [0.25, 0.3) is 10.9 Å². The van der Waals surface area contributed by atoms with Gasteiger partial charge in [-0.05, 0) is 29.6 Å². The molecule has 3 aromatic heterocycles. The molecule has 0 radical (unpaired) electrons. The van der Waals surface area contributed by atoms with Gasteiger partial charge in [-0.25, -0.2) is 15.0 Å². The summed E-state index contributed by atoms with van der Waals surface area (Å²) < 4.78 is 5.50. The lowest BCUT2D eigenvalue weighted by molar-refractivity contribution is -0.130. The summed E-state index contributed by atoms with van der Waals surface area (Å²) in [6.07, 6.45) is 3.80. The van der Waals surface area contributed by atoms with Crippen molar-refractivity contribution >= 4 is 45.6 Å². The van der Waals surface area contributed by atoms with Gasteiger partial charge in [-0.3, -0.25) is 4.79 Å². The molecular formula is C21H16N4O2S2. The fraction of sp³-hybridized carbons (Fsp3) is 0.143. The molecule has 8 heteroatoms. The van der Waals surface area contributed by atoms with Gasteiger partial charge in [0.2, 0.25) is 0 Å². The second-order valence-corrected chi connectivity index (χ2v) is 8.43. The summed E-state index contributed by atoms with van der Waals surface area (Å²) in [5.74, 6) is 0.895. The number of fused-ring (bicyclic) bond motifs is 1. The van der Waals surface area contributed by atoms with E-state index in [2.05, 4.69) is 15.1 Å². The van der Waals surface area contributed by atoms with Crippen LogP contribution in [-0.4, -0.2) is 32.3 Å². The molecule has 1 aliphatic rings. The van der Waals surface area contributed by atoms with E-state index >= 15 is 0 Å². The number of thiophene rings is 1. The Hall–Kier alpha value is -2.97. The quantitative estimate of drug-likeness (QED) is 0.344. The highest BCUT2D eigenvalue weighted by Gasteiger charge is 2.34. The Balaban J connectivity index is 1.39. The lowest BCUT2D eigenvalue weighted by atomic mass is 10.1. The van der Waals surface area contributed by atoms with Crippen molar-refractivity contribution in [3.05, 3.63) is 77.1 Å². The zero-order valence-electron chi connectivity index (χ0n) is 15.3. The van der Waals surface area contributed by atoms with Gasteiger partial charge in [0.15, 0.2) is 0 Å². The van der Waals surface area contributed by atoms with E-state index in [1.54, 1.807) is 22.6 Å². The number of para-hydroxylation sites is 1. The van der Waals surface area contributed by atoms with Crippen molar-refractivity contribution in [3.8, 4) is 0 Å². The fourth-order valence-corrected chi connectivity index (χ4v) is 4.98. The topological polar surface area (TPSA) is 71.6 Å². The first-order valence-electron chi connectivity index (χ1n) is 9.09. The van der Waals surface area contributed by atoms with Gasteiger partial charge in [0.1, 0.15) is 22.8 Å². The molecule has 6 nitrogen and oxygen atoms in total. The number of hydrogen-bond acceptors (Lipinski definition) is 7. The highest BCUT2D eigenvalue weighted by molar-refractivity contribution is 8.00. The predicted molar refractivity (Wildman–Crippen MR) is 114 cm³/mol. The van der Waals surface area contributed by atoms with Crippen LogP contribution in [0.2, 0.25) is 0 Å².